The number of aromatic nitrogens is 2. The van der Waals surface area contributed by atoms with Crippen molar-refractivity contribution in [3.05, 3.63) is 12.3 Å². The summed E-state index contributed by atoms with van der Waals surface area (Å²) in [4.78, 5) is 0. The molecule has 2 heterocycles. The molecule has 3 aliphatic rings. The summed E-state index contributed by atoms with van der Waals surface area (Å²) in [6.45, 7) is 0. The highest BCUT2D eigenvalue weighted by atomic mass is 16.7. The van der Waals surface area contributed by atoms with Gasteiger partial charge in [-0.3, -0.25) is 5.10 Å². The third-order valence-electron chi connectivity index (χ3n) is 4.10. The Bertz CT molecular complexity index is 352. The van der Waals surface area contributed by atoms with Gasteiger partial charge in [0, 0.05) is 6.20 Å². The zero-order valence-corrected chi connectivity index (χ0v) is 8.43. The second-order valence-corrected chi connectivity index (χ2v) is 4.88. The zero-order chi connectivity index (χ0) is 9.83. The summed E-state index contributed by atoms with van der Waals surface area (Å²) in [6.07, 6.45) is 6.39. The standard InChI is InChI=1S/C10H13BN2O2/c1-2-7-5-6(1)9-10(7)15-11(14-9)8-3-4-12-13-8/h3-4,6-7,9-10H,1-2,5H2,(H,12,13)/t6-,7?,9?,10+/m0/s1. The van der Waals surface area contributed by atoms with Crippen molar-refractivity contribution in [1.29, 1.82) is 0 Å². The lowest BCUT2D eigenvalue weighted by Crippen LogP contribution is -2.34. The number of rotatable bonds is 1. The van der Waals surface area contributed by atoms with Gasteiger partial charge in [-0.05, 0) is 37.2 Å². The molecule has 1 N–H and O–H groups in total. The van der Waals surface area contributed by atoms with Crippen LogP contribution in [0.25, 0.3) is 0 Å². The van der Waals surface area contributed by atoms with E-state index in [9.17, 15) is 0 Å². The third kappa shape index (κ3) is 1.08. The molecule has 4 rings (SSSR count). The first kappa shape index (κ1) is 8.36. The molecule has 1 aromatic heterocycles. The fourth-order valence-corrected chi connectivity index (χ4v) is 3.43. The van der Waals surface area contributed by atoms with E-state index in [4.69, 9.17) is 9.31 Å². The van der Waals surface area contributed by atoms with Gasteiger partial charge in [-0.2, -0.15) is 5.10 Å². The lowest BCUT2D eigenvalue weighted by molar-refractivity contribution is 0.100. The summed E-state index contributed by atoms with van der Waals surface area (Å²) in [7, 11) is -0.203. The van der Waals surface area contributed by atoms with E-state index < -0.39 is 0 Å². The van der Waals surface area contributed by atoms with Crippen LogP contribution >= 0.6 is 0 Å². The van der Waals surface area contributed by atoms with E-state index >= 15 is 0 Å². The summed E-state index contributed by atoms with van der Waals surface area (Å²) in [6, 6.07) is 1.92. The smallest absolute Gasteiger partial charge is 0.401 e. The zero-order valence-electron chi connectivity index (χ0n) is 8.43. The molecular formula is C10H13BN2O2. The summed E-state index contributed by atoms with van der Waals surface area (Å²) >= 11 is 0. The average molecular weight is 204 g/mol. The van der Waals surface area contributed by atoms with Gasteiger partial charge in [0.05, 0.1) is 17.8 Å². The molecule has 2 aliphatic carbocycles. The topological polar surface area (TPSA) is 47.1 Å². The Kier molecular flexibility index (Phi) is 1.59. The van der Waals surface area contributed by atoms with Crippen LogP contribution in [-0.2, 0) is 9.31 Å². The van der Waals surface area contributed by atoms with E-state index in [1.165, 1.54) is 19.3 Å². The van der Waals surface area contributed by atoms with Gasteiger partial charge in [-0.15, -0.1) is 0 Å². The van der Waals surface area contributed by atoms with E-state index in [1.807, 2.05) is 6.07 Å². The molecule has 0 radical (unpaired) electrons. The highest BCUT2D eigenvalue weighted by molar-refractivity contribution is 6.60. The summed E-state index contributed by atoms with van der Waals surface area (Å²) in [5.41, 5.74) is 0.948. The fraction of sp³-hybridized carbons (Fsp3) is 0.700. The van der Waals surface area contributed by atoms with Crippen LogP contribution in [0.4, 0.5) is 0 Å². The molecule has 2 saturated carbocycles. The van der Waals surface area contributed by atoms with Gasteiger partial charge in [0.2, 0.25) is 0 Å². The number of nitrogens with one attached hydrogen (secondary N) is 1. The van der Waals surface area contributed by atoms with Gasteiger partial charge in [-0.25, -0.2) is 0 Å². The molecule has 0 aromatic carbocycles. The van der Waals surface area contributed by atoms with Gasteiger partial charge >= 0.3 is 7.12 Å². The van der Waals surface area contributed by atoms with E-state index in [0.29, 0.717) is 12.2 Å². The maximum Gasteiger partial charge on any atom is 0.513 e. The minimum absolute atomic E-state index is 0.203. The second-order valence-electron chi connectivity index (χ2n) is 4.88. The summed E-state index contributed by atoms with van der Waals surface area (Å²) < 4.78 is 11.9. The molecule has 15 heavy (non-hydrogen) atoms. The van der Waals surface area contributed by atoms with Crippen LogP contribution in [0.15, 0.2) is 12.3 Å². The highest BCUT2D eigenvalue weighted by Gasteiger charge is 2.56. The first-order chi connectivity index (χ1) is 7.42. The maximum absolute atomic E-state index is 5.97. The Morgan fingerprint density at radius 3 is 2.60 bits per heavy atom. The number of aromatic amines is 1. The molecular weight excluding hydrogens is 191 g/mol. The molecule has 2 bridgehead atoms. The number of hydrogen-bond acceptors (Lipinski definition) is 3. The van der Waals surface area contributed by atoms with Gasteiger partial charge in [0.1, 0.15) is 0 Å². The van der Waals surface area contributed by atoms with Crippen LogP contribution in [0, 0.1) is 11.8 Å². The molecule has 0 spiro atoms. The minimum atomic E-state index is -0.203. The summed E-state index contributed by atoms with van der Waals surface area (Å²) in [5, 5.41) is 6.85. The van der Waals surface area contributed by atoms with Gasteiger partial charge in [0.25, 0.3) is 0 Å². The van der Waals surface area contributed by atoms with Crippen molar-refractivity contribution in [2.45, 2.75) is 31.5 Å². The van der Waals surface area contributed by atoms with Crippen molar-refractivity contribution in [2.24, 2.45) is 11.8 Å². The number of nitrogens with zero attached hydrogens (tertiary/aromatic N) is 1. The Labute approximate surface area is 88.5 Å². The van der Waals surface area contributed by atoms with Gasteiger partial charge in [-0.1, -0.05) is 0 Å². The van der Waals surface area contributed by atoms with E-state index in [2.05, 4.69) is 10.2 Å². The Balaban J connectivity index is 1.60. The molecule has 3 fully saturated rings. The highest BCUT2D eigenvalue weighted by Crippen LogP contribution is 2.50. The maximum atomic E-state index is 5.97. The van der Waals surface area contributed by atoms with Crippen molar-refractivity contribution < 1.29 is 9.31 Å². The molecule has 0 amide bonds. The van der Waals surface area contributed by atoms with Crippen molar-refractivity contribution in [3.8, 4) is 0 Å². The predicted molar refractivity (Wildman–Crippen MR) is 54.6 cm³/mol. The second kappa shape index (κ2) is 2.86. The molecule has 2 unspecified atom stereocenters. The number of H-pyrrole nitrogens is 1. The average Bonchev–Trinajstić information content (AvgIpc) is 3.02. The van der Waals surface area contributed by atoms with Crippen LogP contribution in [0.1, 0.15) is 19.3 Å². The summed E-state index contributed by atoms with van der Waals surface area (Å²) in [5.74, 6) is 1.49. The lowest BCUT2D eigenvalue weighted by atomic mass is 9.85. The van der Waals surface area contributed by atoms with Crippen molar-refractivity contribution in [2.75, 3.05) is 0 Å². The van der Waals surface area contributed by atoms with Crippen molar-refractivity contribution >= 4 is 12.7 Å². The van der Waals surface area contributed by atoms with Crippen molar-refractivity contribution in [3.63, 3.8) is 0 Å². The van der Waals surface area contributed by atoms with Crippen molar-refractivity contribution in [1.82, 2.24) is 10.2 Å². The van der Waals surface area contributed by atoms with Crippen LogP contribution in [0.2, 0.25) is 0 Å². The van der Waals surface area contributed by atoms with E-state index in [1.54, 1.807) is 6.20 Å². The Morgan fingerprint density at radius 2 is 2.00 bits per heavy atom. The fourth-order valence-electron chi connectivity index (χ4n) is 3.43. The van der Waals surface area contributed by atoms with E-state index in [0.717, 1.165) is 17.4 Å². The molecule has 78 valence electrons. The third-order valence-corrected chi connectivity index (χ3v) is 4.10. The largest absolute Gasteiger partial charge is 0.513 e. The van der Waals surface area contributed by atoms with E-state index in [-0.39, 0.29) is 7.12 Å². The van der Waals surface area contributed by atoms with Crippen LogP contribution in [0.5, 0.6) is 0 Å². The molecule has 4 nitrogen and oxygen atoms in total. The van der Waals surface area contributed by atoms with Gasteiger partial charge in [0.15, 0.2) is 0 Å². The Morgan fingerprint density at radius 1 is 1.27 bits per heavy atom. The Hall–Kier alpha value is -0.805. The lowest BCUT2D eigenvalue weighted by Gasteiger charge is -2.22. The monoisotopic (exact) mass is 204 g/mol. The predicted octanol–water partition coefficient (Wildman–Crippen LogP) is 0.319. The quantitative estimate of drug-likeness (QED) is 0.670. The van der Waals surface area contributed by atoms with Crippen LogP contribution in [-0.4, -0.2) is 29.5 Å². The first-order valence-corrected chi connectivity index (χ1v) is 5.72. The van der Waals surface area contributed by atoms with Crippen LogP contribution < -0.4 is 5.59 Å². The number of fused-ring (bicyclic) bond motifs is 5. The normalized spacial score (nSPS) is 42.5. The molecule has 1 aromatic rings. The van der Waals surface area contributed by atoms with Crippen LogP contribution in [0.3, 0.4) is 0 Å². The molecule has 5 heteroatoms. The molecule has 4 atom stereocenters. The molecule has 1 saturated heterocycles. The first-order valence-electron chi connectivity index (χ1n) is 5.72. The minimum Gasteiger partial charge on any atom is -0.401 e. The van der Waals surface area contributed by atoms with Gasteiger partial charge < -0.3 is 9.31 Å². The number of hydrogen-bond donors (Lipinski definition) is 1. The molecule has 1 aliphatic heterocycles. The SMILES string of the molecule is c1cc(B2OC3[C@H]4CCC(C4)[C@H]3O2)[nH]n1.